The van der Waals surface area contributed by atoms with Crippen molar-refractivity contribution in [3.63, 3.8) is 0 Å². The van der Waals surface area contributed by atoms with E-state index in [1.807, 2.05) is 24.3 Å². The first-order valence-corrected chi connectivity index (χ1v) is 12.8. The number of piperidine rings is 1. The molecule has 0 spiro atoms. The van der Waals surface area contributed by atoms with Crippen molar-refractivity contribution in [3.8, 4) is 5.75 Å². The van der Waals surface area contributed by atoms with Crippen LogP contribution in [0.25, 0.3) is 0 Å². The van der Waals surface area contributed by atoms with E-state index in [1.165, 1.54) is 16.8 Å². The summed E-state index contributed by atoms with van der Waals surface area (Å²) in [5.74, 6) is 0.462. The molecule has 9 heteroatoms. The van der Waals surface area contributed by atoms with Gasteiger partial charge in [0.25, 0.3) is 5.91 Å². The SMILES string of the molecule is COc1ccc(CNC(=O)c2cc(S(=O)(=O)N3CCOCC3)ccc2N2CCCCC2)cc1. The maximum atomic E-state index is 13.3. The average Bonchev–Trinajstić information content (AvgIpc) is 2.88. The van der Waals surface area contributed by atoms with Crippen molar-refractivity contribution in [2.75, 3.05) is 51.4 Å². The maximum Gasteiger partial charge on any atom is 0.253 e. The van der Waals surface area contributed by atoms with Gasteiger partial charge in [0.15, 0.2) is 0 Å². The second-order valence-electron chi connectivity index (χ2n) is 8.27. The highest BCUT2D eigenvalue weighted by atomic mass is 32.2. The summed E-state index contributed by atoms with van der Waals surface area (Å²) in [7, 11) is -2.09. The number of hydrogen-bond acceptors (Lipinski definition) is 6. The zero-order valence-corrected chi connectivity index (χ0v) is 19.8. The maximum absolute atomic E-state index is 13.3. The first-order valence-electron chi connectivity index (χ1n) is 11.4. The highest BCUT2D eigenvalue weighted by Gasteiger charge is 2.28. The van der Waals surface area contributed by atoms with Crippen molar-refractivity contribution < 1.29 is 22.7 Å². The summed E-state index contributed by atoms with van der Waals surface area (Å²) in [5.41, 5.74) is 2.10. The van der Waals surface area contributed by atoms with Gasteiger partial charge in [-0.15, -0.1) is 0 Å². The van der Waals surface area contributed by atoms with Gasteiger partial charge in [-0.1, -0.05) is 12.1 Å². The monoisotopic (exact) mass is 473 g/mol. The number of morpholine rings is 1. The number of amides is 1. The first-order chi connectivity index (χ1) is 16.0. The van der Waals surface area contributed by atoms with Crippen molar-refractivity contribution in [2.24, 2.45) is 0 Å². The molecule has 2 fully saturated rings. The van der Waals surface area contributed by atoms with Gasteiger partial charge in [-0.3, -0.25) is 4.79 Å². The highest BCUT2D eigenvalue weighted by molar-refractivity contribution is 7.89. The van der Waals surface area contributed by atoms with Crippen LogP contribution in [0.4, 0.5) is 5.69 Å². The van der Waals surface area contributed by atoms with Crippen LogP contribution in [0.5, 0.6) is 5.75 Å². The van der Waals surface area contributed by atoms with E-state index in [0.717, 1.165) is 42.9 Å². The lowest BCUT2D eigenvalue weighted by Gasteiger charge is -2.31. The summed E-state index contributed by atoms with van der Waals surface area (Å²) in [4.78, 5) is 15.6. The van der Waals surface area contributed by atoms with Crippen molar-refractivity contribution >= 4 is 21.6 Å². The first kappa shape index (κ1) is 23.5. The van der Waals surface area contributed by atoms with Gasteiger partial charge in [0.1, 0.15) is 5.75 Å². The summed E-state index contributed by atoms with van der Waals surface area (Å²) in [6.07, 6.45) is 3.28. The molecule has 0 unspecified atom stereocenters. The van der Waals surface area contributed by atoms with Gasteiger partial charge < -0.3 is 19.7 Å². The van der Waals surface area contributed by atoms with Crippen LogP contribution in [0.3, 0.4) is 0 Å². The molecule has 0 atom stereocenters. The summed E-state index contributed by atoms with van der Waals surface area (Å²) >= 11 is 0. The molecule has 1 N–H and O–H groups in total. The summed E-state index contributed by atoms with van der Waals surface area (Å²) in [6.45, 7) is 3.43. The normalized spacial score (nSPS) is 17.5. The lowest BCUT2D eigenvalue weighted by Crippen LogP contribution is -2.40. The van der Waals surface area contributed by atoms with Gasteiger partial charge in [-0.25, -0.2) is 8.42 Å². The van der Waals surface area contributed by atoms with E-state index in [2.05, 4.69) is 10.2 Å². The van der Waals surface area contributed by atoms with E-state index >= 15 is 0 Å². The quantitative estimate of drug-likeness (QED) is 0.665. The second kappa shape index (κ2) is 10.5. The fourth-order valence-corrected chi connectivity index (χ4v) is 5.66. The Hall–Kier alpha value is -2.62. The molecule has 8 nitrogen and oxygen atoms in total. The molecule has 2 aliphatic rings. The van der Waals surface area contributed by atoms with Crippen molar-refractivity contribution in [2.45, 2.75) is 30.7 Å². The lowest BCUT2D eigenvalue weighted by molar-refractivity contribution is 0.0730. The van der Waals surface area contributed by atoms with Gasteiger partial charge in [0.05, 0.1) is 30.8 Å². The van der Waals surface area contributed by atoms with E-state index < -0.39 is 10.0 Å². The average molecular weight is 474 g/mol. The van der Waals surface area contributed by atoms with Crippen LogP contribution in [0.15, 0.2) is 47.4 Å². The molecule has 1 amide bonds. The zero-order chi connectivity index (χ0) is 23.3. The highest BCUT2D eigenvalue weighted by Crippen LogP contribution is 2.28. The van der Waals surface area contributed by atoms with Crippen LogP contribution in [0, 0.1) is 0 Å². The van der Waals surface area contributed by atoms with E-state index in [4.69, 9.17) is 9.47 Å². The smallest absolute Gasteiger partial charge is 0.253 e. The number of carbonyl (C=O) groups excluding carboxylic acids is 1. The van der Waals surface area contributed by atoms with E-state index in [0.29, 0.717) is 38.4 Å². The number of methoxy groups -OCH3 is 1. The predicted octanol–water partition coefficient (Wildman–Crippen LogP) is 2.64. The zero-order valence-electron chi connectivity index (χ0n) is 19.0. The number of nitrogens with zero attached hydrogens (tertiary/aromatic N) is 2. The molecule has 2 aromatic rings. The minimum absolute atomic E-state index is 0.139. The molecule has 0 aliphatic carbocycles. The molecular formula is C24H31N3O5S. The van der Waals surface area contributed by atoms with Crippen LogP contribution >= 0.6 is 0 Å². The predicted molar refractivity (Wildman–Crippen MR) is 126 cm³/mol. The van der Waals surface area contributed by atoms with E-state index in [1.54, 1.807) is 19.2 Å². The van der Waals surface area contributed by atoms with Crippen LogP contribution in [0.1, 0.15) is 35.2 Å². The van der Waals surface area contributed by atoms with Crippen LogP contribution in [0.2, 0.25) is 0 Å². The molecule has 2 heterocycles. The topological polar surface area (TPSA) is 88.2 Å². The molecule has 2 aliphatic heterocycles. The standard InChI is InChI=1S/C24H31N3O5S/c1-31-20-7-5-19(6-8-20)18-25-24(28)22-17-21(33(29,30)27-13-15-32-16-14-27)9-10-23(22)26-11-3-2-4-12-26/h5-10,17H,2-4,11-16,18H2,1H3,(H,25,28). The van der Waals surface area contributed by atoms with Crippen LogP contribution < -0.4 is 15.0 Å². The minimum atomic E-state index is -3.70. The fourth-order valence-electron chi connectivity index (χ4n) is 4.23. The van der Waals surface area contributed by atoms with Crippen molar-refractivity contribution in [1.29, 1.82) is 0 Å². The Kier molecular flexibility index (Phi) is 7.52. The summed E-state index contributed by atoms with van der Waals surface area (Å²) in [6, 6.07) is 12.4. The Bertz CT molecular complexity index is 1060. The molecule has 0 radical (unpaired) electrons. The summed E-state index contributed by atoms with van der Waals surface area (Å²) < 4.78 is 38.3. The largest absolute Gasteiger partial charge is 0.497 e. The molecule has 0 aromatic heterocycles. The molecule has 2 saturated heterocycles. The molecule has 0 bridgehead atoms. The van der Waals surface area contributed by atoms with Crippen LogP contribution in [-0.4, -0.2) is 65.1 Å². The molecule has 33 heavy (non-hydrogen) atoms. The minimum Gasteiger partial charge on any atom is -0.497 e. The number of nitrogens with one attached hydrogen (secondary N) is 1. The lowest BCUT2D eigenvalue weighted by atomic mass is 10.1. The summed E-state index contributed by atoms with van der Waals surface area (Å²) in [5, 5.41) is 2.96. The third kappa shape index (κ3) is 5.48. The second-order valence-corrected chi connectivity index (χ2v) is 10.2. The third-order valence-electron chi connectivity index (χ3n) is 6.13. The van der Waals surface area contributed by atoms with Gasteiger partial charge in [0.2, 0.25) is 10.0 Å². The Morgan fingerprint density at radius 3 is 2.36 bits per heavy atom. The number of rotatable bonds is 7. The van der Waals surface area contributed by atoms with Crippen molar-refractivity contribution in [3.05, 3.63) is 53.6 Å². The number of sulfonamides is 1. The number of anilines is 1. The van der Waals surface area contributed by atoms with Gasteiger partial charge in [-0.2, -0.15) is 4.31 Å². The van der Waals surface area contributed by atoms with E-state index in [9.17, 15) is 13.2 Å². The fraction of sp³-hybridized carbons (Fsp3) is 0.458. The Morgan fingerprint density at radius 2 is 1.70 bits per heavy atom. The molecule has 178 valence electrons. The number of hydrogen-bond donors (Lipinski definition) is 1. The van der Waals surface area contributed by atoms with Crippen LogP contribution in [-0.2, 0) is 21.3 Å². The van der Waals surface area contributed by atoms with Gasteiger partial charge in [-0.05, 0) is 55.2 Å². The number of carbonyl (C=O) groups is 1. The molecule has 4 rings (SSSR count). The molecule has 0 saturated carbocycles. The van der Waals surface area contributed by atoms with Gasteiger partial charge in [0, 0.05) is 38.4 Å². The van der Waals surface area contributed by atoms with Crippen molar-refractivity contribution in [1.82, 2.24) is 9.62 Å². The molecular weight excluding hydrogens is 442 g/mol. The van der Waals surface area contributed by atoms with E-state index in [-0.39, 0.29) is 10.8 Å². The Balaban J connectivity index is 1.60. The number of ether oxygens (including phenoxy) is 2. The Labute approximate surface area is 195 Å². The van der Waals surface area contributed by atoms with Gasteiger partial charge >= 0.3 is 0 Å². The number of benzene rings is 2. The third-order valence-corrected chi connectivity index (χ3v) is 8.02. The molecule has 2 aromatic carbocycles. The Morgan fingerprint density at radius 1 is 1.00 bits per heavy atom.